The Labute approximate surface area is 172 Å². The maximum Gasteiger partial charge on any atom is 0.410 e. The monoisotopic (exact) mass is 395 g/mol. The summed E-state index contributed by atoms with van der Waals surface area (Å²) < 4.78 is 11.5. The number of ketones is 1. The highest BCUT2D eigenvalue weighted by molar-refractivity contribution is 5.96. The number of hydrogen-bond acceptors (Lipinski definition) is 4. The predicted octanol–water partition coefficient (Wildman–Crippen LogP) is 5.28. The first-order valence-electron chi connectivity index (χ1n) is 10.0. The molecule has 1 heterocycles. The second kappa shape index (κ2) is 8.27. The van der Waals surface area contributed by atoms with Crippen LogP contribution in [0.15, 0.2) is 36.4 Å². The molecule has 0 bridgehead atoms. The fourth-order valence-corrected chi connectivity index (χ4v) is 3.55. The molecule has 0 saturated heterocycles. The average molecular weight is 395 g/mol. The zero-order chi connectivity index (χ0) is 21.2. The van der Waals surface area contributed by atoms with Crippen molar-refractivity contribution in [1.29, 1.82) is 0 Å². The van der Waals surface area contributed by atoms with Gasteiger partial charge in [-0.1, -0.05) is 37.3 Å². The lowest BCUT2D eigenvalue weighted by Crippen LogP contribution is -2.33. The number of fused-ring (bicyclic) bond motifs is 1. The van der Waals surface area contributed by atoms with Gasteiger partial charge in [0, 0.05) is 24.2 Å². The van der Waals surface area contributed by atoms with Crippen molar-refractivity contribution in [3.8, 4) is 5.75 Å². The van der Waals surface area contributed by atoms with Crippen LogP contribution in [0.2, 0.25) is 0 Å². The van der Waals surface area contributed by atoms with Gasteiger partial charge in [0.25, 0.3) is 0 Å². The van der Waals surface area contributed by atoms with E-state index >= 15 is 0 Å². The number of Topliss-reactive ketones (excluding diaryl/α,β-unsaturated/α-hetero) is 1. The van der Waals surface area contributed by atoms with Gasteiger partial charge >= 0.3 is 6.09 Å². The molecule has 0 radical (unpaired) electrons. The van der Waals surface area contributed by atoms with Crippen LogP contribution in [-0.2, 0) is 30.9 Å². The summed E-state index contributed by atoms with van der Waals surface area (Å²) in [6.07, 6.45) is 0.445. The standard InChI is InChI=1S/C24H29NO4/c1-6-20-21(16(2)26)8-7-9-22(20)28-15-17-10-11-18-13-25(14-19(18)12-17)23(27)29-24(3,4)5/h7-12H,6,13-15H2,1-5H3. The van der Waals surface area contributed by atoms with Crippen LogP contribution < -0.4 is 4.74 Å². The van der Waals surface area contributed by atoms with Crippen LogP contribution in [0.4, 0.5) is 4.79 Å². The van der Waals surface area contributed by atoms with Gasteiger partial charge in [0.05, 0.1) is 0 Å². The number of ether oxygens (including phenoxy) is 2. The molecule has 0 N–H and O–H groups in total. The number of carbonyl (C=O) groups excluding carboxylic acids is 2. The Balaban J connectivity index is 1.69. The Bertz CT molecular complexity index is 927. The molecule has 2 aromatic carbocycles. The number of nitrogens with zero attached hydrogens (tertiary/aromatic N) is 1. The Morgan fingerprint density at radius 1 is 1.07 bits per heavy atom. The van der Waals surface area contributed by atoms with E-state index in [2.05, 4.69) is 6.07 Å². The smallest absolute Gasteiger partial charge is 0.410 e. The van der Waals surface area contributed by atoms with Gasteiger partial charge in [-0.15, -0.1) is 0 Å². The van der Waals surface area contributed by atoms with Crippen molar-refractivity contribution in [2.24, 2.45) is 0 Å². The van der Waals surface area contributed by atoms with Gasteiger partial charge < -0.3 is 9.47 Å². The first-order chi connectivity index (χ1) is 13.7. The fourth-order valence-electron chi connectivity index (χ4n) is 3.55. The molecule has 1 amide bonds. The Hall–Kier alpha value is -2.82. The van der Waals surface area contributed by atoms with Crippen LogP contribution in [0.25, 0.3) is 0 Å². The number of carbonyl (C=O) groups is 2. The molecule has 0 fully saturated rings. The topological polar surface area (TPSA) is 55.8 Å². The van der Waals surface area contributed by atoms with E-state index in [0.717, 1.165) is 34.4 Å². The normalized spacial score (nSPS) is 13.2. The summed E-state index contributed by atoms with van der Waals surface area (Å²) in [4.78, 5) is 25.9. The van der Waals surface area contributed by atoms with Crippen LogP contribution >= 0.6 is 0 Å². The van der Waals surface area contributed by atoms with Crippen LogP contribution in [0.3, 0.4) is 0 Å². The summed E-state index contributed by atoms with van der Waals surface area (Å²) in [5, 5.41) is 0. The molecular formula is C24H29NO4. The lowest BCUT2D eigenvalue weighted by molar-refractivity contribution is 0.0241. The lowest BCUT2D eigenvalue weighted by Gasteiger charge is -2.24. The highest BCUT2D eigenvalue weighted by Crippen LogP contribution is 2.28. The molecule has 0 aromatic heterocycles. The zero-order valence-corrected chi connectivity index (χ0v) is 17.9. The number of amides is 1. The van der Waals surface area contributed by atoms with Crippen molar-refractivity contribution in [2.45, 2.75) is 66.3 Å². The quantitative estimate of drug-likeness (QED) is 0.646. The highest BCUT2D eigenvalue weighted by Gasteiger charge is 2.27. The van der Waals surface area contributed by atoms with E-state index in [1.165, 1.54) is 0 Å². The fraction of sp³-hybridized carbons (Fsp3) is 0.417. The third-order valence-electron chi connectivity index (χ3n) is 4.91. The van der Waals surface area contributed by atoms with Crippen molar-refractivity contribution >= 4 is 11.9 Å². The lowest BCUT2D eigenvalue weighted by atomic mass is 10.0. The molecule has 0 aliphatic carbocycles. The summed E-state index contributed by atoms with van der Waals surface area (Å²) in [7, 11) is 0. The summed E-state index contributed by atoms with van der Waals surface area (Å²) in [6, 6.07) is 11.8. The molecule has 29 heavy (non-hydrogen) atoms. The molecule has 154 valence electrons. The maximum atomic E-state index is 12.3. The zero-order valence-electron chi connectivity index (χ0n) is 17.9. The van der Waals surface area contributed by atoms with Crippen LogP contribution in [0, 0.1) is 0 Å². The summed E-state index contributed by atoms with van der Waals surface area (Å²) >= 11 is 0. The summed E-state index contributed by atoms with van der Waals surface area (Å²) in [6.45, 7) is 10.7. The van der Waals surface area contributed by atoms with Crippen LogP contribution in [0.5, 0.6) is 5.75 Å². The first kappa shape index (κ1) is 20.9. The van der Waals surface area contributed by atoms with Gasteiger partial charge in [-0.3, -0.25) is 9.69 Å². The van der Waals surface area contributed by atoms with Crippen molar-refractivity contribution in [1.82, 2.24) is 4.90 Å². The van der Waals surface area contributed by atoms with Gasteiger partial charge in [0.1, 0.15) is 18.0 Å². The molecule has 1 aliphatic heterocycles. The Morgan fingerprint density at radius 2 is 1.79 bits per heavy atom. The predicted molar refractivity (Wildman–Crippen MR) is 112 cm³/mol. The van der Waals surface area contributed by atoms with Gasteiger partial charge in [0.15, 0.2) is 5.78 Å². The first-order valence-corrected chi connectivity index (χ1v) is 10.0. The molecule has 0 atom stereocenters. The van der Waals surface area contributed by atoms with Crippen LogP contribution in [0.1, 0.15) is 67.2 Å². The number of hydrogen-bond donors (Lipinski definition) is 0. The van der Waals surface area contributed by atoms with E-state index in [1.54, 1.807) is 11.8 Å². The SMILES string of the molecule is CCc1c(OCc2ccc3c(c2)CN(C(=O)OC(C)(C)C)C3)cccc1C(C)=O. The van der Waals surface area contributed by atoms with E-state index in [9.17, 15) is 9.59 Å². The molecule has 0 spiro atoms. The molecule has 2 aromatic rings. The van der Waals surface area contributed by atoms with Gasteiger partial charge in [0.2, 0.25) is 0 Å². The minimum atomic E-state index is -0.504. The van der Waals surface area contributed by atoms with Crippen molar-refractivity contribution < 1.29 is 19.1 Å². The minimum absolute atomic E-state index is 0.0482. The summed E-state index contributed by atoms with van der Waals surface area (Å²) in [5.74, 6) is 0.795. The molecule has 5 heteroatoms. The van der Waals surface area contributed by atoms with E-state index < -0.39 is 5.60 Å². The third-order valence-corrected chi connectivity index (χ3v) is 4.91. The Morgan fingerprint density at radius 3 is 2.45 bits per heavy atom. The maximum absolute atomic E-state index is 12.3. The van der Waals surface area contributed by atoms with Crippen molar-refractivity contribution in [3.05, 3.63) is 64.2 Å². The molecule has 5 nitrogen and oxygen atoms in total. The summed E-state index contributed by atoms with van der Waals surface area (Å²) in [5.41, 5.74) is 4.43. The molecule has 0 saturated carbocycles. The molecular weight excluding hydrogens is 366 g/mol. The Kier molecular flexibility index (Phi) is 5.96. The van der Waals surface area contributed by atoms with E-state index in [4.69, 9.17) is 9.47 Å². The van der Waals surface area contributed by atoms with E-state index in [1.807, 2.05) is 58.0 Å². The highest BCUT2D eigenvalue weighted by atomic mass is 16.6. The van der Waals surface area contributed by atoms with E-state index in [0.29, 0.717) is 25.3 Å². The second-order valence-corrected chi connectivity index (χ2v) is 8.42. The minimum Gasteiger partial charge on any atom is -0.489 e. The van der Waals surface area contributed by atoms with Crippen LogP contribution in [-0.4, -0.2) is 22.4 Å². The van der Waals surface area contributed by atoms with Crippen molar-refractivity contribution in [2.75, 3.05) is 0 Å². The van der Waals surface area contributed by atoms with Crippen molar-refractivity contribution in [3.63, 3.8) is 0 Å². The van der Waals surface area contributed by atoms with E-state index in [-0.39, 0.29) is 11.9 Å². The van der Waals surface area contributed by atoms with Gasteiger partial charge in [-0.2, -0.15) is 0 Å². The second-order valence-electron chi connectivity index (χ2n) is 8.42. The van der Waals surface area contributed by atoms with Gasteiger partial charge in [-0.05, 0) is 56.9 Å². The number of rotatable bonds is 5. The molecule has 3 rings (SSSR count). The van der Waals surface area contributed by atoms with Gasteiger partial charge in [-0.25, -0.2) is 4.79 Å². The third kappa shape index (κ3) is 4.97. The number of benzene rings is 2. The average Bonchev–Trinajstić information content (AvgIpc) is 3.08. The largest absolute Gasteiger partial charge is 0.489 e. The molecule has 1 aliphatic rings. The molecule has 0 unspecified atom stereocenters.